The van der Waals surface area contributed by atoms with Gasteiger partial charge in [0.05, 0.1) is 5.56 Å². The number of aromatic nitrogens is 3. The highest BCUT2D eigenvalue weighted by atomic mass is 19.4. The van der Waals surface area contributed by atoms with E-state index in [0.29, 0.717) is 42.2 Å². The summed E-state index contributed by atoms with van der Waals surface area (Å²) >= 11 is 0. The molecule has 1 aliphatic heterocycles. The fourth-order valence-corrected chi connectivity index (χ4v) is 4.10. The van der Waals surface area contributed by atoms with Crippen molar-refractivity contribution in [2.75, 3.05) is 13.1 Å². The second-order valence-electron chi connectivity index (χ2n) is 7.96. The van der Waals surface area contributed by atoms with Crippen molar-refractivity contribution in [1.82, 2.24) is 19.5 Å². The van der Waals surface area contributed by atoms with E-state index in [1.807, 2.05) is 0 Å². The van der Waals surface area contributed by atoms with E-state index >= 15 is 0 Å². The quantitative estimate of drug-likeness (QED) is 0.398. The number of likely N-dealkylation sites (tertiary alicyclic amines) is 1. The number of hydrogen-bond donors (Lipinski definition) is 0. The Kier molecular flexibility index (Phi) is 5.15. The standard InChI is InChI=1S/C23H18F4N4O2/c24-17-6-3-14(4-7-17)18-8-9-19(33-18)22(32)30-11-1-2-15(12-30)21-29-28-20-10-5-16(13-31(20)21)23(25,26)27/h3-10,13,15H,1-2,11-12H2. The number of hydrogen-bond acceptors (Lipinski definition) is 4. The maximum absolute atomic E-state index is 13.2. The van der Waals surface area contributed by atoms with Crippen LogP contribution >= 0.6 is 0 Å². The van der Waals surface area contributed by atoms with Crippen molar-refractivity contribution in [1.29, 1.82) is 0 Å². The zero-order valence-electron chi connectivity index (χ0n) is 17.2. The Balaban J connectivity index is 1.37. The number of fused-ring (bicyclic) bond motifs is 1. The van der Waals surface area contributed by atoms with E-state index in [1.54, 1.807) is 29.2 Å². The molecule has 1 fully saturated rings. The van der Waals surface area contributed by atoms with Crippen LogP contribution in [0.25, 0.3) is 17.0 Å². The summed E-state index contributed by atoms with van der Waals surface area (Å²) in [6.45, 7) is 0.773. The van der Waals surface area contributed by atoms with Crippen LogP contribution in [-0.2, 0) is 6.18 Å². The first-order valence-electron chi connectivity index (χ1n) is 10.4. The number of pyridine rings is 1. The molecule has 4 aromatic rings. The van der Waals surface area contributed by atoms with Gasteiger partial charge in [0.25, 0.3) is 5.91 Å². The number of alkyl halides is 3. The predicted molar refractivity (Wildman–Crippen MR) is 110 cm³/mol. The molecule has 1 unspecified atom stereocenters. The van der Waals surface area contributed by atoms with Crippen molar-refractivity contribution < 1.29 is 26.8 Å². The molecule has 0 bridgehead atoms. The van der Waals surface area contributed by atoms with Crippen molar-refractivity contribution >= 4 is 11.6 Å². The van der Waals surface area contributed by atoms with Crippen LogP contribution in [0.15, 0.2) is 59.1 Å². The molecular weight excluding hydrogens is 440 g/mol. The summed E-state index contributed by atoms with van der Waals surface area (Å²) in [5.74, 6) is 0.00502. The monoisotopic (exact) mass is 458 g/mol. The Hall–Kier alpha value is -3.69. The van der Waals surface area contributed by atoms with Crippen LogP contribution < -0.4 is 0 Å². The number of halogens is 4. The van der Waals surface area contributed by atoms with Gasteiger partial charge in [-0.1, -0.05) is 0 Å². The van der Waals surface area contributed by atoms with E-state index in [9.17, 15) is 22.4 Å². The lowest BCUT2D eigenvalue weighted by Crippen LogP contribution is -2.39. The predicted octanol–water partition coefficient (Wildman–Crippen LogP) is 5.17. The molecule has 1 saturated heterocycles. The number of rotatable bonds is 3. The normalized spacial score (nSPS) is 17.0. The third-order valence-corrected chi connectivity index (χ3v) is 5.78. The van der Waals surface area contributed by atoms with Gasteiger partial charge in [-0.25, -0.2) is 4.39 Å². The molecule has 0 spiro atoms. The SMILES string of the molecule is O=C(c1ccc(-c2ccc(F)cc2)o1)N1CCCC(c2nnc3ccc(C(F)(F)F)cn23)C1. The zero-order valence-corrected chi connectivity index (χ0v) is 17.2. The minimum Gasteiger partial charge on any atom is -0.451 e. The number of carbonyl (C=O) groups is 1. The van der Waals surface area contributed by atoms with Crippen LogP contribution in [0.5, 0.6) is 0 Å². The Morgan fingerprint density at radius 3 is 2.58 bits per heavy atom. The molecule has 170 valence electrons. The van der Waals surface area contributed by atoms with E-state index in [-0.39, 0.29) is 29.9 Å². The molecule has 33 heavy (non-hydrogen) atoms. The topological polar surface area (TPSA) is 63.6 Å². The maximum Gasteiger partial charge on any atom is 0.417 e. The number of furan rings is 1. The third-order valence-electron chi connectivity index (χ3n) is 5.78. The number of carbonyl (C=O) groups excluding carboxylic acids is 1. The summed E-state index contributed by atoms with van der Waals surface area (Å²) in [5.41, 5.74) is 0.169. The second-order valence-corrected chi connectivity index (χ2v) is 7.96. The van der Waals surface area contributed by atoms with E-state index in [2.05, 4.69) is 10.2 Å². The summed E-state index contributed by atoms with van der Waals surface area (Å²) in [7, 11) is 0. The summed E-state index contributed by atoms with van der Waals surface area (Å²) in [4.78, 5) is 14.7. The molecule has 0 radical (unpaired) electrons. The van der Waals surface area contributed by atoms with Crippen molar-refractivity contribution in [3.63, 3.8) is 0 Å². The molecular formula is C23H18F4N4O2. The number of amides is 1. The minimum atomic E-state index is -4.48. The zero-order chi connectivity index (χ0) is 23.2. The Morgan fingerprint density at radius 2 is 1.82 bits per heavy atom. The molecule has 5 rings (SSSR count). The molecule has 3 aromatic heterocycles. The van der Waals surface area contributed by atoms with Gasteiger partial charge in [-0.05, 0) is 61.4 Å². The highest BCUT2D eigenvalue weighted by molar-refractivity contribution is 5.92. The van der Waals surface area contributed by atoms with Crippen LogP contribution in [0.3, 0.4) is 0 Å². The van der Waals surface area contributed by atoms with Crippen molar-refractivity contribution in [2.24, 2.45) is 0 Å². The molecule has 1 atom stereocenters. The Morgan fingerprint density at radius 1 is 1.03 bits per heavy atom. The first-order valence-corrected chi connectivity index (χ1v) is 10.4. The van der Waals surface area contributed by atoms with Gasteiger partial charge in [-0.15, -0.1) is 10.2 Å². The maximum atomic E-state index is 13.2. The highest BCUT2D eigenvalue weighted by Crippen LogP contribution is 2.32. The smallest absolute Gasteiger partial charge is 0.417 e. The van der Waals surface area contributed by atoms with E-state index in [4.69, 9.17) is 4.42 Å². The molecule has 4 heterocycles. The molecule has 1 aliphatic rings. The minimum absolute atomic E-state index is 0.139. The lowest BCUT2D eigenvalue weighted by Gasteiger charge is -2.31. The van der Waals surface area contributed by atoms with Gasteiger partial charge in [-0.3, -0.25) is 9.20 Å². The first kappa shape index (κ1) is 21.2. The van der Waals surface area contributed by atoms with Crippen LogP contribution in [0.2, 0.25) is 0 Å². The Bertz CT molecular complexity index is 1310. The van der Waals surface area contributed by atoms with Crippen LogP contribution in [-0.4, -0.2) is 38.5 Å². The molecule has 0 aliphatic carbocycles. The van der Waals surface area contributed by atoms with E-state index in [0.717, 1.165) is 12.3 Å². The average Bonchev–Trinajstić information content (AvgIpc) is 3.46. The summed E-state index contributed by atoms with van der Waals surface area (Å²) < 4.78 is 59.7. The first-order chi connectivity index (χ1) is 15.8. The second kappa shape index (κ2) is 8.02. The van der Waals surface area contributed by atoms with Gasteiger partial charge in [-0.2, -0.15) is 13.2 Å². The fourth-order valence-electron chi connectivity index (χ4n) is 4.10. The molecule has 6 nitrogen and oxygen atoms in total. The molecule has 1 aromatic carbocycles. The van der Waals surface area contributed by atoms with Gasteiger partial charge >= 0.3 is 6.18 Å². The average molecular weight is 458 g/mol. The van der Waals surface area contributed by atoms with Gasteiger partial charge in [0, 0.05) is 30.8 Å². The Labute approximate surface area is 185 Å². The fraction of sp³-hybridized carbons (Fsp3) is 0.261. The van der Waals surface area contributed by atoms with Gasteiger partial charge in [0.2, 0.25) is 0 Å². The highest BCUT2D eigenvalue weighted by Gasteiger charge is 2.33. The van der Waals surface area contributed by atoms with Crippen LogP contribution in [0.1, 0.15) is 40.7 Å². The molecule has 0 N–H and O–H groups in total. The molecule has 0 saturated carbocycles. The summed E-state index contributed by atoms with van der Waals surface area (Å²) in [6, 6.07) is 11.2. The molecule has 1 amide bonds. The van der Waals surface area contributed by atoms with Crippen molar-refractivity contribution in [3.8, 4) is 11.3 Å². The van der Waals surface area contributed by atoms with E-state index < -0.39 is 11.7 Å². The van der Waals surface area contributed by atoms with Crippen molar-refractivity contribution in [2.45, 2.75) is 24.9 Å². The van der Waals surface area contributed by atoms with Crippen molar-refractivity contribution in [3.05, 3.63) is 77.7 Å². The number of piperidine rings is 1. The number of nitrogens with zero attached hydrogens (tertiary/aromatic N) is 4. The van der Waals surface area contributed by atoms with Gasteiger partial charge < -0.3 is 9.32 Å². The third kappa shape index (κ3) is 4.08. The lowest BCUT2D eigenvalue weighted by molar-refractivity contribution is -0.137. The molecule has 10 heteroatoms. The largest absolute Gasteiger partial charge is 0.451 e. The lowest BCUT2D eigenvalue weighted by atomic mass is 9.97. The van der Waals surface area contributed by atoms with Crippen LogP contribution in [0, 0.1) is 5.82 Å². The summed E-state index contributed by atoms with van der Waals surface area (Å²) in [6.07, 6.45) is -2.16. The summed E-state index contributed by atoms with van der Waals surface area (Å²) in [5, 5.41) is 8.10. The van der Waals surface area contributed by atoms with Gasteiger partial charge in [0.1, 0.15) is 17.4 Å². The van der Waals surface area contributed by atoms with E-state index in [1.165, 1.54) is 22.6 Å². The van der Waals surface area contributed by atoms with Crippen LogP contribution in [0.4, 0.5) is 17.6 Å². The number of benzene rings is 1. The van der Waals surface area contributed by atoms with Gasteiger partial charge in [0.15, 0.2) is 11.4 Å².